The van der Waals surface area contributed by atoms with E-state index in [2.05, 4.69) is 15.3 Å². The van der Waals surface area contributed by atoms with Crippen LogP contribution in [-0.4, -0.2) is 38.8 Å². The Kier molecular flexibility index (Phi) is 6.65. The van der Waals surface area contributed by atoms with Crippen LogP contribution in [0.4, 0.5) is 5.95 Å². The van der Waals surface area contributed by atoms with Crippen LogP contribution in [0.2, 0.25) is 5.02 Å². The second-order valence-electron chi connectivity index (χ2n) is 10.2. The molecule has 190 valence electrons. The van der Waals surface area contributed by atoms with Crippen LogP contribution in [-0.2, 0) is 11.3 Å². The van der Waals surface area contributed by atoms with Crippen LogP contribution in [0.15, 0.2) is 53.5 Å². The summed E-state index contributed by atoms with van der Waals surface area (Å²) in [7, 11) is 0. The number of hydrogen-bond acceptors (Lipinski definition) is 6. The Bertz CT molecular complexity index is 1510. The Balaban J connectivity index is 1.44. The van der Waals surface area contributed by atoms with E-state index in [1.807, 2.05) is 54.0 Å². The molecule has 2 aliphatic rings. The van der Waals surface area contributed by atoms with Crippen molar-refractivity contribution < 1.29 is 4.74 Å². The second kappa shape index (κ2) is 10.2. The molecule has 8 heteroatoms. The zero-order valence-electron chi connectivity index (χ0n) is 20.9. The molecule has 0 radical (unpaired) electrons. The predicted molar refractivity (Wildman–Crippen MR) is 147 cm³/mol. The van der Waals surface area contributed by atoms with Gasteiger partial charge in [-0.3, -0.25) is 14.3 Å². The highest BCUT2D eigenvalue weighted by molar-refractivity contribution is 6.33. The third-order valence-electron chi connectivity index (χ3n) is 7.41. The molecule has 37 heavy (non-hydrogen) atoms. The van der Waals surface area contributed by atoms with Crippen molar-refractivity contribution >= 4 is 28.6 Å². The van der Waals surface area contributed by atoms with Crippen LogP contribution in [0.5, 0.6) is 0 Å². The summed E-state index contributed by atoms with van der Waals surface area (Å²) >= 11 is 6.80. The SMILES string of the molecule is Cc1cccc(-c2ccc(-c3cc4cnc(NC5COC5)nc4n(CC4CCCCC4)c3=O)c(Cl)c2)n1. The van der Waals surface area contributed by atoms with Crippen LogP contribution in [0, 0.1) is 12.8 Å². The Morgan fingerprint density at radius 2 is 1.89 bits per heavy atom. The molecule has 0 spiro atoms. The van der Waals surface area contributed by atoms with Crippen LogP contribution < -0.4 is 10.9 Å². The number of hydrogen-bond donors (Lipinski definition) is 1. The molecule has 0 unspecified atom stereocenters. The first-order chi connectivity index (χ1) is 18.0. The first-order valence-corrected chi connectivity index (χ1v) is 13.4. The van der Waals surface area contributed by atoms with Crippen LogP contribution >= 0.6 is 11.6 Å². The van der Waals surface area contributed by atoms with Crippen molar-refractivity contribution in [2.75, 3.05) is 18.5 Å². The third-order valence-corrected chi connectivity index (χ3v) is 7.72. The number of nitrogens with zero attached hydrogens (tertiary/aromatic N) is 4. The van der Waals surface area contributed by atoms with Gasteiger partial charge in [0.1, 0.15) is 5.65 Å². The van der Waals surface area contributed by atoms with E-state index in [4.69, 9.17) is 21.3 Å². The minimum Gasteiger partial charge on any atom is -0.377 e. The summed E-state index contributed by atoms with van der Waals surface area (Å²) in [4.78, 5) is 27.9. The van der Waals surface area contributed by atoms with Crippen LogP contribution in [0.25, 0.3) is 33.4 Å². The molecule has 0 amide bonds. The Morgan fingerprint density at radius 1 is 1.05 bits per heavy atom. The number of fused-ring (bicyclic) bond motifs is 1. The van der Waals surface area contributed by atoms with Crippen molar-refractivity contribution in [2.24, 2.45) is 5.92 Å². The van der Waals surface area contributed by atoms with Crippen molar-refractivity contribution in [3.05, 3.63) is 69.7 Å². The minimum absolute atomic E-state index is 0.0713. The maximum Gasteiger partial charge on any atom is 0.260 e. The van der Waals surface area contributed by atoms with Crippen LogP contribution in [0.1, 0.15) is 37.8 Å². The van der Waals surface area contributed by atoms with Gasteiger partial charge in [0.15, 0.2) is 0 Å². The molecule has 1 aliphatic carbocycles. The van der Waals surface area contributed by atoms with E-state index in [0.717, 1.165) is 35.2 Å². The van der Waals surface area contributed by atoms with Gasteiger partial charge in [-0.05, 0) is 49.9 Å². The molecule has 0 atom stereocenters. The maximum absolute atomic E-state index is 14.0. The van der Waals surface area contributed by atoms with Gasteiger partial charge in [-0.2, -0.15) is 4.98 Å². The maximum atomic E-state index is 14.0. The average Bonchev–Trinajstić information content (AvgIpc) is 2.88. The second-order valence-corrected chi connectivity index (χ2v) is 10.6. The number of benzene rings is 1. The molecule has 4 aromatic rings. The zero-order chi connectivity index (χ0) is 25.4. The number of halogens is 1. The molecular weight excluding hydrogens is 486 g/mol. The van der Waals surface area contributed by atoms with Crippen LogP contribution in [0.3, 0.4) is 0 Å². The van der Waals surface area contributed by atoms with Gasteiger partial charge in [0, 0.05) is 45.5 Å². The number of nitrogens with one attached hydrogen (secondary N) is 1. The Hall–Kier alpha value is -3.29. The molecule has 1 saturated heterocycles. The lowest BCUT2D eigenvalue weighted by molar-refractivity contribution is 0.0208. The summed E-state index contributed by atoms with van der Waals surface area (Å²) in [6, 6.07) is 13.8. The van der Waals surface area contributed by atoms with E-state index in [1.54, 1.807) is 6.20 Å². The van der Waals surface area contributed by atoms with Crippen molar-refractivity contribution in [2.45, 2.75) is 51.6 Å². The average molecular weight is 516 g/mol. The molecule has 1 aromatic carbocycles. The summed E-state index contributed by atoms with van der Waals surface area (Å²) in [5.74, 6) is 0.986. The van der Waals surface area contributed by atoms with Gasteiger partial charge < -0.3 is 10.1 Å². The highest BCUT2D eigenvalue weighted by atomic mass is 35.5. The number of aryl methyl sites for hydroxylation is 1. The third kappa shape index (κ3) is 4.98. The van der Waals surface area contributed by atoms with E-state index in [9.17, 15) is 4.79 Å². The molecule has 4 heterocycles. The number of anilines is 1. The van der Waals surface area contributed by atoms with Gasteiger partial charge in [0.2, 0.25) is 5.95 Å². The first kappa shape index (κ1) is 24.1. The fourth-order valence-corrected chi connectivity index (χ4v) is 5.60. The van der Waals surface area contributed by atoms with E-state index in [0.29, 0.717) is 53.4 Å². The molecule has 7 nitrogen and oxygen atoms in total. The van der Waals surface area contributed by atoms with Gasteiger partial charge in [-0.25, -0.2) is 4.98 Å². The summed E-state index contributed by atoms with van der Waals surface area (Å²) in [5, 5.41) is 4.65. The first-order valence-electron chi connectivity index (χ1n) is 13.0. The highest BCUT2D eigenvalue weighted by Crippen LogP contribution is 2.32. The van der Waals surface area contributed by atoms with Gasteiger partial charge in [0.25, 0.3) is 5.56 Å². The molecule has 0 bridgehead atoms. The fraction of sp³-hybridized carbons (Fsp3) is 0.379. The molecular formula is C29H30ClN5O2. The summed E-state index contributed by atoms with van der Waals surface area (Å²) in [5.41, 5.74) is 4.57. The standard InChI is InChI=1S/C29H30ClN5O2/c1-18-6-5-9-26(32-18)20-10-11-23(25(30)13-20)24-12-21-14-31-29(33-22-16-37-17-22)34-27(21)35(28(24)36)15-19-7-3-2-4-8-19/h5-6,9-14,19,22H,2-4,7-8,15-17H2,1H3,(H,31,33,34). The number of rotatable bonds is 6. The Labute approximate surface area is 220 Å². The minimum atomic E-state index is -0.0713. The highest BCUT2D eigenvalue weighted by Gasteiger charge is 2.22. The fourth-order valence-electron chi connectivity index (χ4n) is 5.32. The topological polar surface area (TPSA) is 81.9 Å². The number of ether oxygens (including phenoxy) is 1. The van der Waals surface area contributed by atoms with E-state index in [-0.39, 0.29) is 11.6 Å². The largest absolute Gasteiger partial charge is 0.377 e. The van der Waals surface area contributed by atoms with E-state index >= 15 is 0 Å². The van der Waals surface area contributed by atoms with Crippen molar-refractivity contribution in [3.63, 3.8) is 0 Å². The van der Waals surface area contributed by atoms with Gasteiger partial charge in [-0.15, -0.1) is 0 Å². The van der Waals surface area contributed by atoms with Gasteiger partial charge >= 0.3 is 0 Å². The predicted octanol–water partition coefficient (Wildman–Crippen LogP) is 5.87. The summed E-state index contributed by atoms with van der Waals surface area (Å²) < 4.78 is 7.11. The summed E-state index contributed by atoms with van der Waals surface area (Å²) in [6.45, 7) is 3.89. The Morgan fingerprint density at radius 3 is 2.62 bits per heavy atom. The zero-order valence-corrected chi connectivity index (χ0v) is 21.7. The lowest BCUT2D eigenvalue weighted by Gasteiger charge is -2.27. The molecule has 1 aliphatic heterocycles. The number of pyridine rings is 2. The quantitative estimate of drug-likeness (QED) is 0.345. The lowest BCUT2D eigenvalue weighted by Crippen LogP contribution is -2.40. The molecule has 1 N–H and O–H groups in total. The smallest absolute Gasteiger partial charge is 0.260 e. The van der Waals surface area contributed by atoms with Gasteiger partial charge in [0.05, 0.1) is 24.9 Å². The molecule has 6 rings (SSSR count). The lowest BCUT2D eigenvalue weighted by atomic mass is 9.89. The van der Waals surface area contributed by atoms with Gasteiger partial charge in [-0.1, -0.05) is 49.1 Å². The van der Waals surface area contributed by atoms with Crippen molar-refractivity contribution in [1.29, 1.82) is 0 Å². The van der Waals surface area contributed by atoms with E-state index in [1.165, 1.54) is 19.3 Å². The van der Waals surface area contributed by atoms with E-state index < -0.39 is 0 Å². The monoisotopic (exact) mass is 515 g/mol. The van der Waals surface area contributed by atoms with Crippen molar-refractivity contribution in [1.82, 2.24) is 19.5 Å². The summed E-state index contributed by atoms with van der Waals surface area (Å²) in [6.07, 6.45) is 7.74. The normalized spacial score (nSPS) is 16.6. The molecule has 2 fully saturated rings. The molecule has 1 saturated carbocycles. The van der Waals surface area contributed by atoms with Crippen molar-refractivity contribution in [3.8, 4) is 22.4 Å². The molecule has 3 aromatic heterocycles. The number of aromatic nitrogens is 4.